The van der Waals surface area contributed by atoms with Crippen molar-refractivity contribution >= 4 is 12.1 Å². The standard InChI is InChI=1S/C8H9NO.C7H16N2O.C2H6/c1-7-3-2-4-8(5-7)9-6-10;1-8-2-3-9-4-6-10-7-5-9;1-2/h2-6H,1H3,(H,9,10);8H,2-7H2,1H3;1-2H3. The fourth-order valence-corrected chi connectivity index (χ4v) is 1.90. The van der Waals surface area contributed by atoms with Crippen LogP contribution in [-0.4, -0.2) is 57.8 Å². The zero-order valence-electron chi connectivity index (χ0n) is 14.4. The number of nitrogens with one attached hydrogen (secondary N) is 2. The molecule has 5 heteroatoms. The van der Waals surface area contributed by atoms with E-state index in [1.54, 1.807) is 0 Å². The first-order valence-electron chi connectivity index (χ1n) is 7.98. The maximum atomic E-state index is 9.97. The lowest BCUT2D eigenvalue weighted by molar-refractivity contribution is -0.105. The van der Waals surface area contributed by atoms with E-state index in [1.807, 2.05) is 52.1 Å². The highest BCUT2D eigenvalue weighted by Crippen LogP contribution is 2.07. The van der Waals surface area contributed by atoms with E-state index in [2.05, 4.69) is 15.5 Å². The number of amides is 1. The minimum atomic E-state index is 0.675. The van der Waals surface area contributed by atoms with Crippen LogP contribution >= 0.6 is 0 Å². The summed E-state index contributed by atoms with van der Waals surface area (Å²) < 4.78 is 5.22. The second kappa shape index (κ2) is 14.5. The fourth-order valence-electron chi connectivity index (χ4n) is 1.90. The molecule has 1 aromatic rings. The van der Waals surface area contributed by atoms with E-state index in [9.17, 15) is 4.79 Å². The van der Waals surface area contributed by atoms with Crippen molar-refractivity contribution in [2.24, 2.45) is 0 Å². The summed E-state index contributed by atoms with van der Waals surface area (Å²) >= 11 is 0. The van der Waals surface area contributed by atoms with Gasteiger partial charge in [-0.05, 0) is 31.7 Å². The van der Waals surface area contributed by atoms with Crippen LogP contribution in [0.3, 0.4) is 0 Å². The lowest BCUT2D eigenvalue weighted by Gasteiger charge is -2.26. The van der Waals surface area contributed by atoms with Gasteiger partial charge in [0.25, 0.3) is 0 Å². The van der Waals surface area contributed by atoms with Gasteiger partial charge in [-0.1, -0.05) is 26.0 Å². The van der Waals surface area contributed by atoms with Crippen molar-refractivity contribution < 1.29 is 9.53 Å². The predicted molar refractivity (Wildman–Crippen MR) is 93.4 cm³/mol. The number of anilines is 1. The van der Waals surface area contributed by atoms with Gasteiger partial charge in [0.05, 0.1) is 13.2 Å². The molecule has 1 amide bonds. The van der Waals surface area contributed by atoms with Gasteiger partial charge in [-0.25, -0.2) is 0 Å². The van der Waals surface area contributed by atoms with Crippen LogP contribution < -0.4 is 10.6 Å². The number of nitrogens with zero attached hydrogens (tertiary/aromatic N) is 1. The average Bonchev–Trinajstić information content (AvgIpc) is 2.57. The lowest BCUT2D eigenvalue weighted by Crippen LogP contribution is -2.39. The van der Waals surface area contributed by atoms with Gasteiger partial charge in [0.1, 0.15) is 0 Å². The molecule has 0 bridgehead atoms. The van der Waals surface area contributed by atoms with Gasteiger partial charge in [0.15, 0.2) is 0 Å². The van der Waals surface area contributed by atoms with Gasteiger partial charge in [0.2, 0.25) is 6.41 Å². The molecular formula is C17H31N3O2. The van der Waals surface area contributed by atoms with Crippen molar-refractivity contribution in [3.8, 4) is 0 Å². The predicted octanol–water partition coefficient (Wildman–Crippen LogP) is 2.13. The molecule has 126 valence electrons. The topological polar surface area (TPSA) is 53.6 Å². The Bertz CT molecular complexity index is 380. The molecule has 1 aromatic carbocycles. The minimum Gasteiger partial charge on any atom is -0.379 e. The Morgan fingerprint density at radius 1 is 1.27 bits per heavy atom. The molecule has 1 aliphatic rings. The van der Waals surface area contributed by atoms with E-state index < -0.39 is 0 Å². The first-order chi connectivity index (χ1) is 10.8. The zero-order chi connectivity index (χ0) is 16.6. The number of ether oxygens (including phenoxy) is 1. The highest BCUT2D eigenvalue weighted by atomic mass is 16.5. The SMILES string of the molecule is CC.CNCCN1CCOCC1.Cc1cccc(NC=O)c1. The molecule has 1 fully saturated rings. The van der Waals surface area contributed by atoms with Crippen molar-refractivity contribution in [2.45, 2.75) is 20.8 Å². The molecule has 22 heavy (non-hydrogen) atoms. The molecule has 2 rings (SSSR count). The van der Waals surface area contributed by atoms with Gasteiger partial charge in [-0.2, -0.15) is 0 Å². The highest BCUT2D eigenvalue weighted by Gasteiger charge is 2.07. The van der Waals surface area contributed by atoms with Gasteiger partial charge in [0, 0.05) is 31.9 Å². The molecule has 0 radical (unpaired) electrons. The van der Waals surface area contributed by atoms with Crippen LogP contribution in [0.25, 0.3) is 0 Å². The number of aryl methyl sites for hydroxylation is 1. The summed E-state index contributed by atoms with van der Waals surface area (Å²) in [5, 5.41) is 5.70. The number of carbonyl (C=O) groups excluding carboxylic acids is 1. The van der Waals surface area contributed by atoms with E-state index in [-0.39, 0.29) is 0 Å². The van der Waals surface area contributed by atoms with E-state index >= 15 is 0 Å². The molecule has 1 aliphatic heterocycles. The van der Waals surface area contributed by atoms with E-state index in [0.717, 1.165) is 50.6 Å². The maximum Gasteiger partial charge on any atom is 0.211 e. The van der Waals surface area contributed by atoms with Crippen LogP contribution in [-0.2, 0) is 9.53 Å². The Morgan fingerprint density at radius 2 is 1.95 bits per heavy atom. The van der Waals surface area contributed by atoms with Gasteiger partial charge in [-0.15, -0.1) is 0 Å². The Kier molecular flexibility index (Phi) is 13.6. The molecule has 2 N–H and O–H groups in total. The third kappa shape index (κ3) is 10.3. The molecule has 1 saturated heterocycles. The zero-order valence-corrected chi connectivity index (χ0v) is 14.4. The van der Waals surface area contributed by atoms with Gasteiger partial charge < -0.3 is 15.4 Å². The Labute approximate surface area is 135 Å². The number of benzene rings is 1. The Balaban J connectivity index is 0.000000360. The number of likely N-dealkylation sites (N-methyl/N-ethyl adjacent to an activating group) is 1. The quantitative estimate of drug-likeness (QED) is 0.818. The lowest BCUT2D eigenvalue weighted by atomic mass is 10.2. The molecular weight excluding hydrogens is 278 g/mol. The van der Waals surface area contributed by atoms with Crippen molar-refractivity contribution in [3.63, 3.8) is 0 Å². The summed E-state index contributed by atoms with van der Waals surface area (Å²) in [5.41, 5.74) is 1.99. The van der Waals surface area contributed by atoms with Crippen LogP contribution in [0.5, 0.6) is 0 Å². The van der Waals surface area contributed by atoms with E-state index in [0.29, 0.717) is 6.41 Å². The molecule has 0 aromatic heterocycles. The summed E-state index contributed by atoms with van der Waals surface area (Å²) in [5.74, 6) is 0. The first kappa shape index (κ1) is 20.6. The Morgan fingerprint density at radius 3 is 2.50 bits per heavy atom. The molecule has 0 spiro atoms. The third-order valence-corrected chi connectivity index (χ3v) is 3.03. The molecule has 0 aliphatic carbocycles. The van der Waals surface area contributed by atoms with Crippen molar-refractivity contribution in [3.05, 3.63) is 29.8 Å². The summed E-state index contributed by atoms with van der Waals surface area (Å²) in [6, 6.07) is 7.65. The first-order valence-corrected chi connectivity index (χ1v) is 7.98. The summed E-state index contributed by atoms with van der Waals surface area (Å²) in [4.78, 5) is 12.4. The van der Waals surface area contributed by atoms with Crippen LogP contribution in [0.1, 0.15) is 19.4 Å². The summed E-state index contributed by atoms with van der Waals surface area (Å²) in [6.45, 7) is 12.2. The van der Waals surface area contributed by atoms with Crippen LogP contribution in [0, 0.1) is 6.92 Å². The van der Waals surface area contributed by atoms with Crippen LogP contribution in [0.15, 0.2) is 24.3 Å². The number of morpholine rings is 1. The second-order valence-corrected chi connectivity index (χ2v) is 4.69. The molecule has 0 unspecified atom stereocenters. The molecule has 1 heterocycles. The highest BCUT2D eigenvalue weighted by molar-refractivity contribution is 5.71. The van der Waals surface area contributed by atoms with Crippen molar-refractivity contribution in [2.75, 3.05) is 51.8 Å². The average molecular weight is 309 g/mol. The second-order valence-electron chi connectivity index (χ2n) is 4.69. The van der Waals surface area contributed by atoms with Crippen LogP contribution in [0.4, 0.5) is 5.69 Å². The minimum absolute atomic E-state index is 0.675. The number of carbonyl (C=O) groups is 1. The number of rotatable bonds is 5. The monoisotopic (exact) mass is 309 g/mol. The third-order valence-electron chi connectivity index (χ3n) is 3.03. The van der Waals surface area contributed by atoms with Crippen molar-refractivity contribution in [1.82, 2.24) is 10.2 Å². The maximum absolute atomic E-state index is 9.97. The Hall–Kier alpha value is -1.43. The summed E-state index contributed by atoms with van der Waals surface area (Å²) in [6.07, 6.45) is 0.675. The van der Waals surface area contributed by atoms with Crippen LogP contribution in [0.2, 0.25) is 0 Å². The molecule has 0 atom stereocenters. The largest absolute Gasteiger partial charge is 0.379 e. The van der Waals surface area contributed by atoms with E-state index in [1.165, 1.54) is 0 Å². The van der Waals surface area contributed by atoms with Crippen molar-refractivity contribution in [1.29, 1.82) is 0 Å². The smallest absolute Gasteiger partial charge is 0.211 e. The normalized spacial score (nSPS) is 14.0. The van der Waals surface area contributed by atoms with E-state index in [4.69, 9.17) is 4.74 Å². The molecule has 5 nitrogen and oxygen atoms in total. The van der Waals surface area contributed by atoms with Gasteiger partial charge in [-0.3, -0.25) is 9.69 Å². The molecule has 0 saturated carbocycles. The number of hydrogen-bond acceptors (Lipinski definition) is 4. The fraction of sp³-hybridized carbons (Fsp3) is 0.588. The van der Waals surface area contributed by atoms with Gasteiger partial charge >= 0.3 is 0 Å². The number of hydrogen-bond donors (Lipinski definition) is 2. The summed E-state index contributed by atoms with van der Waals surface area (Å²) in [7, 11) is 1.99.